The lowest BCUT2D eigenvalue weighted by Crippen LogP contribution is -2.39. The molecule has 4 rings (SSSR count). The molecule has 1 saturated heterocycles. The van der Waals surface area contributed by atoms with Gasteiger partial charge in [-0.25, -0.2) is 9.97 Å². The fraction of sp³-hybridized carbons (Fsp3) is 0.455. The Bertz CT molecular complexity index is 1150. The molecule has 0 aliphatic carbocycles. The maximum absolute atomic E-state index is 11.8. The van der Waals surface area contributed by atoms with E-state index in [1.807, 2.05) is 25.6 Å². The van der Waals surface area contributed by atoms with Crippen LogP contribution in [0, 0.1) is 5.92 Å². The number of fused-ring (bicyclic) bond motifs is 1. The highest BCUT2D eigenvalue weighted by Crippen LogP contribution is 2.31. The molecule has 0 radical (unpaired) electrons. The van der Waals surface area contributed by atoms with Crippen LogP contribution in [0.5, 0.6) is 5.88 Å². The maximum Gasteiger partial charge on any atom is 0.256 e. The Kier molecular flexibility index (Phi) is 5.77. The fourth-order valence-corrected chi connectivity index (χ4v) is 4.07. The van der Waals surface area contributed by atoms with E-state index in [1.165, 1.54) is 6.08 Å². The summed E-state index contributed by atoms with van der Waals surface area (Å²) < 4.78 is 9.16. The Hall–Kier alpha value is -3.56. The second-order valence-electron chi connectivity index (χ2n) is 8.53. The molecule has 1 aliphatic heterocycles. The molecule has 0 aromatic carbocycles. The first kappa shape index (κ1) is 21.7. The highest BCUT2D eigenvalue weighted by Gasteiger charge is 2.32. The number of aromatic nitrogens is 5. The topological polar surface area (TPSA) is 102 Å². The Labute approximate surface area is 187 Å². The van der Waals surface area contributed by atoms with Crippen molar-refractivity contribution < 1.29 is 9.53 Å². The number of carbonyl (C=O) groups is 1. The van der Waals surface area contributed by atoms with Gasteiger partial charge < -0.3 is 20.3 Å². The molecule has 4 heterocycles. The number of methoxy groups -OCH3 is 1. The van der Waals surface area contributed by atoms with Gasteiger partial charge in [0.25, 0.3) is 5.88 Å². The van der Waals surface area contributed by atoms with Crippen LogP contribution < -0.4 is 20.3 Å². The number of anilines is 3. The van der Waals surface area contributed by atoms with Crippen molar-refractivity contribution in [3.8, 4) is 5.88 Å². The van der Waals surface area contributed by atoms with Crippen LogP contribution in [0.15, 0.2) is 31.2 Å². The maximum atomic E-state index is 11.8. The van der Waals surface area contributed by atoms with Crippen LogP contribution in [0.4, 0.5) is 17.3 Å². The number of ether oxygens (including phenoxy) is 1. The van der Waals surface area contributed by atoms with Crippen molar-refractivity contribution in [3.63, 3.8) is 0 Å². The minimum atomic E-state index is -0.158. The van der Waals surface area contributed by atoms with Crippen molar-refractivity contribution in [2.45, 2.75) is 32.7 Å². The summed E-state index contributed by atoms with van der Waals surface area (Å²) in [4.78, 5) is 23.6. The Balaban J connectivity index is 1.74. The van der Waals surface area contributed by atoms with E-state index in [0.29, 0.717) is 23.9 Å². The molecule has 10 nitrogen and oxygen atoms in total. The third-order valence-corrected chi connectivity index (χ3v) is 5.79. The van der Waals surface area contributed by atoms with Gasteiger partial charge in [-0.05, 0) is 17.9 Å². The zero-order chi connectivity index (χ0) is 23.0. The summed E-state index contributed by atoms with van der Waals surface area (Å²) in [6.07, 6.45) is 7.06. The van der Waals surface area contributed by atoms with Crippen LogP contribution in [0.3, 0.4) is 0 Å². The van der Waals surface area contributed by atoms with Crippen molar-refractivity contribution in [3.05, 3.63) is 36.9 Å². The summed E-state index contributed by atoms with van der Waals surface area (Å²) in [6.45, 7) is 11.4. The Morgan fingerprint density at radius 2 is 2.12 bits per heavy atom. The number of rotatable bonds is 7. The molecule has 0 bridgehead atoms. The van der Waals surface area contributed by atoms with Crippen LogP contribution >= 0.6 is 0 Å². The lowest BCUT2D eigenvalue weighted by atomic mass is 10.1. The van der Waals surface area contributed by atoms with Gasteiger partial charge in [0.15, 0.2) is 11.5 Å². The molecule has 1 fully saturated rings. The fourth-order valence-electron chi connectivity index (χ4n) is 4.07. The Morgan fingerprint density at radius 1 is 1.34 bits per heavy atom. The SMILES string of the molecule is C=CC(=O)NC1CN(c2cn3c(C(C)C)cnc3c(Nc3cn(C)nc3OC)n2)CC1C. The van der Waals surface area contributed by atoms with E-state index in [-0.39, 0.29) is 23.8 Å². The third-order valence-electron chi connectivity index (χ3n) is 5.79. The van der Waals surface area contributed by atoms with Crippen LogP contribution in [-0.4, -0.2) is 56.3 Å². The van der Waals surface area contributed by atoms with Crippen molar-refractivity contribution in [2.75, 3.05) is 30.4 Å². The van der Waals surface area contributed by atoms with Crippen LogP contribution in [-0.2, 0) is 11.8 Å². The van der Waals surface area contributed by atoms with Gasteiger partial charge in [0.1, 0.15) is 11.5 Å². The number of hydrogen-bond acceptors (Lipinski definition) is 7. The van der Waals surface area contributed by atoms with Gasteiger partial charge in [0.05, 0.1) is 25.5 Å². The molecule has 10 heteroatoms. The van der Waals surface area contributed by atoms with E-state index >= 15 is 0 Å². The molecular formula is C22H30N8O2. The van der Waals surface area contributed by atoms with Gasteiger partial charge >= 0.3 is 0 Å². The molecule has 32 heavy (non-hydrogen) atoms. The number of nitrogens with zero attached hydrogens (tertiary/aromatic N) is 6. The smallest absolute Gasteiger partial charge is 0.256 e. The molecular weight excluding hydrogens is 408 g/mol. The molecule has 0 spiro atoms. The molecule has 0 saturated carbocycles. The number of carbonyl (C=O) groups excluding carboxylic acids is 1. The van der Waals surface area contributed by atoms with Crippen molar-refractivity contribution in [1.29, 1.82) is 0 Å². The monoisotopic (exact) mass is 438 g/mol. The second kappa shape index (κ2) is 8.52. The standard InChI is InChI=1S/C22H30N8O2/c1-7-19(31)24-15-11-29(9-14(15)4)18-12-30-17(13(2)3)8-23-21(30)20(26-18)25-16-10-28(5)27-22(16)32-6/h7-8,10,12-15H,1,9,11H2,2-6H3,(H,24,31)(H,25,26). The molecule has 3 aromatic rings. The molecule has 1 amide bonds. The van der Waals surface area contributed by atoms with Crippen molar-refractivity contribution in [1.82, 2.24) is 29.5 Å². The Morgan fingerprint density at radius 3 is 2.81 bits per heavy atom. The van der Waals surface area contributed by atoms with E-state index in [2.05, 4.69) is 57.4 Å². The lowest BCUT2D eigenvalue weighted by molar-refractivity contribution is -0.117. The van der Waals surface area contributed by atoms with Crippen LogP contribution in [0.1, 0.15) is 32.4 Å². The quantitative estimate of drug-likeness (QED) is 0.547. The van der Waals surface area contributed by atoms with E-state index in [9.17, 15) is 4.79 Å². The number of hydrogen-bond donors (Lipinski definition) is 2. The van der Waals surface area contributed by atoms with Gasteiger partial charge in [0.2, 0.25) is 5.91 Å². The predicted octanol–water partition coefficient (Wildman–Crippen LogP) is 2.47. The average molecular weight is 439 g/mol. The summed E-state index contributed by atoms with van der Waals surface area (Å²) in [7, 11) is 3.42. The lowest BCUT2D eigenvalue weighted by Gasteiger charge is -2.20. The predicted molar refractivity (Wildman–Crippen MR) is 124 cm³/mol. The normalized spacial score (nSPS) is 18.4. The zero-order valence-electron chi connectivity index (χ0n) is 19.2. The molecule has 170 valence electrons. The first-order valence-corrected chi connectivity index (χ1v) is 10.7. The first-order chi connectivity index (χ1) is 15.3. The molecule has 3 aromatic heterocycles. The largest absolute Gasteiger partial charge is 0.478 e. The van der Waals surface area contributed by atoms with E-state index < -0.39 is 0 Å². The average Bonchev–Trinajstić information content (AvgIpc) is 3.44. The van der Waals surface area contributed by atoms with Gasteiger partial charge in [-0.1, -0.05) is 27.4 Å². The minimum Gasteiger partial charge on any atom is -0.478 e. The number of imidazole rings is 1. The van der Waals surface area contributed by atoms with Crippen molar-refractivity contribution in [2.24, 2.45) is 13.0 Å². The van der Waals surface area contributed by atoms with E-state index in [0.717, 1.165) is 23.7 Å². The second-order valence-corrected chi connectivity index (χ2v) is 8.53. The van der Waals surface area contributed by atoms with Gasteiger partial charge in [0, 0.05) is 32.0 Å². The molecule has 2 unspecified atom stereocenters. The van der Waals surface area contributed by atoms with E-state index in [4.69, 9.17) is 9.72 Å². The number of nitrogens with one attached hydrogen (secondary N) is 2. The zero-order valence-corrected chi connectivity index (χ0v) is 19.2. The van der Waals surface area contributed by atoms with Crippen molar-refractivity contribution >= 4 is 28.9 Å². The third kappa shape index (κ3) is 4.00. The van der Waals surface area contributed by atoms with E-state index in [1.54, 1.807) is 11.8 Å². The first-order valence-electron chi connectivity index (χ1n) is 10.7. The van der Waals surface area contributed by atoms with Gasteiger partial charge in [-0.2, -0.15) is 0 Å². The molecule has 1 aliphatic rings. The number of aryl methyl sites for hydroxylation is 1. The summed E-state index contributed by atoms with van der Waals surface area (Å²) in [5, 5.41) is 10.7. The highest BCUT2D eigenvalue weighted by molar-refractivity contribution is 5.87. The molecule has 2 atom stereocenters. The summed E-state index contributed by atoms with van der Waals surface area (Å²) >= 11 is 0. The van der Waals surface area contributed by atoms with Gasteiger partial charge in [-0.3, -0.25) is 13.9 Å². The van der Waals surface area contributed by atoms with Crippen LogP contribution in [0.25, 0.3) is 5.65 Å². The minimum absolute atomic E-state index is 0.0279. The summed E-state index contributed by atoms with van der Waals surface area (Å²) in [5.41, 5.74) is 2.53. The highest BCUT2D eigenvalue weighted by atomic mass is 16.5. The molecule has 2 N–H and O–H groups in total. The van der Waals surface area contributed by atoms with Crippen LogP contribution in [0.2, 0.25) is 0 Å². The van der Waals surface area contributed by atoms with Gasteiger partial charge in [-0.15, -0.1) is 5.10 Å². The summed E-state index contributed by atoms with van der Waals surface area (Å²) in [6, 6.07) is 0.0279. The summed E-state index contributed by atoms with van der Waals surface area (Å²) in [5.74, 6) is 2.32. The number of amides is 1.